The molecule has 2 N–H and O–H groups in total. The van der Waals surface area contributed by atoms with E-state index < -0.39 is 11.6 Å². The Bertz CT molecular complexity index is 418. The largest absolute Gasteiger partial charge is 0.480 e. The summed E-state index contributed by atoms with van der Waals surface area (Å²) in [4.78, 5) is 15.0. The number of carboxylic acids is 1. The molecule has 2 rings (SSSR count). The fourth-order valence-corrected chi connectivity index (χ4v) is 3.07. The Morgan fingerprint density at radius 2 is 2.61 bits per heavy atom. The smallest absolute Gasteiger partial charge is 0.329 e. The van der Waals surface area contributed by atoms with Crippen LogP contribution in [0, 0.1) is 0 Å². The van der Waals surface area contributed by atoms with Crippen LogP contribution < -0.4 is 5.32 Å². The fourth-order valence-electron chi connectivity index (χ4n) is 1.68. The summed E-state index contributed by atoms with van der Waals surface area (Å²) >= 11 is 4.71. The van der Waals surface area contributed by atoms with Crippen molar-refractivity contribution in [1.82, 2.24) is 10.3 Å². The van der Waals surface area contributed by atoms with Gasteiger partial charge in [0.05, 0.1) is 13.2 Å². The molecule has 1 unspecified atom stereocenters. The van der Waals surface area contributed by atoms with Crippen molar-refractivity contribution in [1.29, 1.82) is 0 Å². The number of aromatic nitrogens is 1. The Morgan fingerprint density at radius 1 is 1.78 bits per heavy atom. The minimum atomic E-state index is -1.01. The van der Waals surface area contributed by atoms with E-state index >= 15 is 0 Å². The maximum atomic E-state index is 10.7. The molecule has 0 aliphatic carbocycles. The maximum absolute atomic E-state index is 10.7. The van der Waals surface area contributed by atoms with Crippen LogP contribution in [0.25, 0.3) is 0 Å². The summed E-state index contributed by atoms with van der Waals surface area (Å²) in [7, 11) is 0. The number of nitrogens with one attached hydrogen (secondary N) is 1. The normalized spacial score (nSPS) is 24.7. The van der Waals surface area contributed by atoms with E-state index in [1.54, 1.807) is 0 Å². The molecule has 1 aromatic heterocycles. The molecular formula is C10H13BrN2O4S. The SMILES string of the molecule is O=C(O)COC1(c2nc(Br)cs2)CNCCOC1. The number of aliphatic carboxylic acids is 1. The third-order valence-corrected chi connectivity index (χ3v) is 4.24. The van der Waals surface area contributed by atoms with E-state index in [0.717, 1.165) is 0 Å². The van der Waals surface area contributed by atoms with Crippen molar-refractivity contribution in [2.24, 2.45) is 0 Å². The van der Waals surface area contributed by atoms with Crippen LogP contribution in [-0.4, -0.2) is 49.0 Å². The van der Waals surface area contributed by atoms with Crippen molar-refractivity contribution in [3.63, 3.8) is 0 Å². The Labute approximate surface area is 116 Å². The van der Waals surface area contributed by atoms with Gasteiger partial charge < -0.3 is 19.9 Å². The molecule has 100 valence electrons. The lowest BCUT2D eigenvalue weighted by atomic mass is 10.1. The molecule has 0 aromatic carbocycles. The van der Waals surface area contributed by atoms with E-state index in [4.69, 9.17) is 14.6 Å². The zero-order chi connectivity index (χ0) is 13.0. The molecule has 1 atom stereocenters. The van der Waals surface area contributed by atoms with E-state index in [-0.39, 0.29) is 6.61 Å². The van der Waals surface area contributed by atoms with Gasteiger partial charge >= 0.3 is 5.97 Å². The minimum absolute atomic E-state index is 0.299. The molecule has 0 radical (unpaired) electrons. The van der Waals surface area contributed by atoms with Crippen LogP contribution in [0.15, 0.2) is 9.98 Å². The highest BCUT2D eigenvalue weighted by Gasteiger charge is 2.38. The molecule has 0 bridgehead atoms. The predicted octanol–water partition coefficient (Wildman–Crippen LogP) is 0.822. The van der Waals surface area contributed by atoms with E-state index in [2.05, 4.69) is 26.2 Å². The van der Waals surface area contributed by atoms with Crippen molar-refractivity contribution >= 4 is 33.2 Å². The van der Waals surface area contributed by atoms with Gasteiger partial charge in [0.15, 0.2) is 5.60 Å². The van der Waals surface area contributed by atoms with Gasteiger partial charge in [0.25, 0.3) is 0 Å². The highest BCUT2D eigenvalue weighted by atomic mass is 79.9. The van der Waals surface area contributed by atoms with Crippen molar-refractivity contribution in [2.75, 3.05) is 32.9 Å². The molecule has 1 saturated heterocycles. The number of nitrogens with zero attached hydrogens (tertiary/aromatic N) is 1. The number of rotatable bonds is 4. The van der Waals surface area contributed by atoms with Crippen molar-refractivity contribution in [3.8, 4) is 0 Å². The average Bonchev–Trinajstić information content (AvgIpc) is 2.64. The van der Waals surface area contributed by atoms with E-state index in [9.17, 15) is 4.79 Å². The topological polar surface area (TPSA) is 80.7 Å². The van der Waals surface area contributed by atoms with Crippen LogP contribution in [-0.2, 0) is 19.9 Å². The van der Waals surface area contributed by atoms with E-state index in [1.165, 1.54) is 11.3 Å². The Hall–Kier alpha value is -0.540. The molecular weight excluding hydrogens is 324 g/mol. The molecule has 1 fully saturated rings. The molecule has 18 heavy (non-hydrogen) atoms. The van der Waals surface area contributed by atoms with Gasteiger partial charge in [0.2, 0.25) is 0 Å². The third kappa shape index (κ3) is 3.27. The van der Waals surface area contributed by atoms with E-state index in [1.807, 2.05) is 5.38 Å². The van der Waals surface area contributed by atoms with Gasteiger partial charge in [0, 0.05) is 18.5 Å². The molecule has 1 aromatic rings. The van der Waals surface area contributed by atoms with Crippen molar-refractivity contribution < 1.29 is 19.4 Å². The molecule has 0 spiro atoms. The quantitative estimate of drug-likeness (QED) is 0.847. The van der Waals surface area contributed by atoms with Gasteiger partial charge in [-0.15, -0.1) is 11.3 Å². The first-order valence-corrected chi connectivity index (χ1v) is 7.05. The average molecular weight is 337 g/mol. The molecule has 1 aliphatic heterocycles. The van der Waals surface area contributed by atoms with Crippen molar-refractivity contribution in [3.05, 3.63) is 15.0 Å². The third-order valence-electron chi connectivity index (χ3n) is 2.51. The zero-order valence-corrected chi connectivity index (χ0v) is 11.9. The second-order valence-corrected chi connectivity index (χ2v) is 5.55. The standard InChI is InChI=1S/C10H13BrN2O4S/c11-7-4-18-9(13-7)10(17-3-8(14)15)5-12-1-2-16-6-10/h4,12H,1-3,5-6H2,(H,14,15). The Balaban J connectivity index is 2.22. The second-order valence-electron chi connectivity index (χ2n) is 3.88. The number of thiazole rings is 1. The van der Waals surface area contributed by atoms with Crippen LogP contribution in [0.5, 0.6) is 0 Å². The van der Waals surface area contributed by atoms with Gasteiger partial charge in [-0.3, -0.25) is 0 Å². The minimum Gasteiger partial charge on any atom is -0.480 e. The van der Waals surface area contributed by atoms with E-state index in [0.29, 0.717) is 35.9 Å². The number of carbonyl (C=O) groups is 1. The van der Waals surface area contributed by atoms with Crippen LogP contribution in [0.1, 0.15) is 5.01 Å². The molecule has 8 heteroatoms. The van der Waals surface area contributed by atoms with Crippen molar-refractivity contribution in [2.45, 2.75) is 5.60 Å². The number of halogens is 1. The lowest BCUT2D eigenvalue weighted by Crippen LogP contribution is -2.43. The Morgan fingerprint density at radius 3 is 3.28 bits per heavy atom. The maximum Gasteiger partial charge on any atom is 0.329 e. The first-order chi connectivity index (χ1) is 8.62. The monoisotopic (exact) mass is 336 g/mol. The van der Waals surface area contributed by atoms with Crippen LogP contribution in [0.4, 0.5) is 0 Å². The molecule has 0 amide bonds. The fraction of sp³-hybridized carbons (Fsp3) is 0.600. The summed E-state index contributed by atoms with van der Waals surface area (Å²) in [5.74, 6) is -1.01. The van der Waals surface area contributed by atoms with Crippen LogP contribution in [0.3, 0.4) is 0 Å². The zero-order valence-electron chi connectivity index (χ0n) is 9.52. The van der Waals surface area contributed by atoms with Gasteiger partial charge in [-0.1, -0.05) is 0 Å². The lowest BCUT2D eigenvalue weighted by molar-refractivity contribution is -0.154. The van der Waals surface area contributed by atoms with Crippen LogP contribution >= 0.6 is 27.3 Å². The second kappa shape index (κ2) is 6.07. The lowest BCUT2D eigenvalue weighted by Gasteiger charge is -2.29. The number of hydrogen-bond acceptors (Lipinski definition) is 6. The summed E-state index contributed by atoms with van der Waals surface area (Å²) in [6.45, 7) is 1.70. The molecule has 6 nitrogen and oxygen atoms in total. The summed E-state index contributed by atoms with van der Waals surface area (Å²) in [5.41, 5.74) is -0.828. The molecule has 1 aliphatic rings. The number of hydrogen-bond donors (Lipinski definition) is 2. The van der Waals surface area contributed by atoms with Gasteiger partial charge in [0.1, 0.15) is 16.2 Å². The highest BCUT2D eigenvalue weighted by molar-refractivity contribution is 9.10. The molecule has 0 saturated carbocycles. The summed E-state index contributed by atoms with van der Waals surface area (Å²) in [6.07, 6.45) is 0. The summed E-state index contributed by atoms with van der Waals surface area (Å²) in [5, 5.41) is 14.5. The number of carboxylic acid groups (broad SMARTS) is 1. The Kier molecular flexibility index (Phi) is 4.68. The highest BCUT2D eigenvalue weighted by Crippen LogP contribution is 2.31. The van der Waals surface area contributed by atoms with Crippen LogP contribution in [0.2, 0.25) is 0 Å². The summed E-state index contributed by atoms with van der Waals surface area (Å²) in [6, 6.07) is 0. The first kappa shape index (κ1) is 13.9. The van der Waals surface area contributed by atoms with Gasteiger partial charge in [-0.25, -0.2) is 9.78 Å². The van der Waals surface area contributed by atoms with Gasteiger partial charge in [-0.2, -0.15) is 0 Å². The first-order valence-electron chi connectivity index (χ1n) is 5.38. The predicted molar refractivity (Wildman–Crippen MR) is 68.8 cm³/mol. The summed E-state index contributed by atoms with van der Waals surface area (Å²) < 4.78 is 11.7. The molecule has 2 heterocycles. The number of ether oxygens (including phenoxy) is 2. The van der Waals surface area contributed by atoms with Gasteiger partial charge in [-0.05, 0) is 15.9 Å².